The Balaban J connectivity index is 2.04. The minimum atomic E-state index is -0.589. The second kappa shape index (κ2) is 7.26. The molecule has 0 saturated heterocycles. The molecule has 0 radical (unpaired) electrons. The SMILES string of the molecule is COc1cc(C=O)ccc1OC(=O)NC(C)c1ccccc1. The van der Waals surface area contributed by atoms with Gasteiger partial charge in [0.15, 0.2) is 11.5 Å². The zero-order chi connectivity index (χ0) is 15.9. The van der Waals surface area contributed by atoms with Gasteiger partial charge in [0, 0.05) is 5.56 Å². The van der Waals surface area contributed by atoms with Crippen molar-refractivity contribution >= 4 is 12.4 Å². The lowest BCUT2D eigenvalue weighted by Crippen LogP contribution is -2.29. The maximum atomic E-state index is 12.0. The van der Waals surface area contributed by atoms with Crippen LogP contribution in [0.1, 0.15) is 28.9 Å². The number of ether oxygens (including phenoxy) is 2. The summed E-state index contributed by atoms with van der Waals surface area (Å²) >= 11 is 0. The molecule has 0 aliphatic carbocycles. The van der Waals surface area contributed by atoms with Crippen molar-refractivity contribution in [2.45, 2.75) is 13.0 Å². The summed E-state index contributed by atoms with van der Waals surface area (Å²) in [5.41, 5.74) is 1.42. The summed E-state index contributed by atoms with van der Waals surface area (Å²) in [5, 5.41) is 2.74. The fraction of sp³-hybridized carbons (Fsp3) is 0.176. The van der Waals surface area contributed by atoms with Gasteiger partial charge in [-0.15, -0.1) is 0 Å². The topological polar surface area (TPSA) is 64.6 Å². The van der Waals surface area contributed by atoms with E-state index in [1.807, 2.05) is 37.3 Å². The summed E-state index contributed by atoms with van der Waals surface area (Å²) in [6.45, 7) is 1.86. The van der Waals surface area contributed by atoms with E-state index in [1.165, 1.54) is 19.2 Å². The number of aldehydes is 1. The number of rotatable bonds is 5. The van der Waals surface area contributed by atoms with Crippen molar-refractivity contribution in [2.24, 2.45) is 0 Å². The predicted molar refractivity (Wildman–Crippen MR) is 82.4 cm³/mol. The maximum Gasteiger partial charge on any atom is 0.413 e. The molecule has 5 heteroatoms. The molecule has 0 bridgehead atoms. The number of hydrogen-bond acceptors (Lipinski definition) is 4. The summed E-state index contributed by atoms with van der Waals surface area (Å²) in [6, 6.07) is 14.0. The third-order valence-electron chi connectivity index (χ3n) is 3.16. The van der Waals surface area contributed by atoms with Gasteiger partial charge in [-0.25, -0.2) is 4.79 Å². The van der Waals surface area contributed by atoms with Crippen LogP contribution in [0, 0.1) is 0 Å². The minimum Gasteiger partial charge on any atom is -0.493 e. The smallest absolute Gasteiger partial charge is 0.413 e. The predicted octanol–water partition coefficient (Wildman–Crippen LogP) is 3.36. The molecule has 5 nitrogen and oxygen atoms in total. The first-order valence-corrected chi connectivity index (χ1v) is 6.80. The van der Waals surface area contributed by atoms with Gasteiger partial charge in [0.1, 0.15) is 6.29 Å². The molecule has 0 spiro atoms. The standard InChI is InChI=1S/C17H17NO4/c1-12(14-6-4-3-5-7-14)18-17(20)22-15-9-8-13(11-19)10-16(15)21-2/h3-12H,1-2H3,(H,18,20). The Morgan fingerprint density at radius 2 is 1.86 bits per heavy atom. The number of carbonyl (C=O) groups excluding carboxylic acids is 2. The average molecular weight is 299 g/mol. The van der Waals surface area contributed by atoms with Crippen LogP contribution in [0.5, 0.6) is 11.5 Å². The van der Waals surface area contributed by atoms with E-state index in [2.05, 4.69) is 5.32 Å². The molecule has 1 amide bonds. The van der Waals surface area contributed by atoms with Crippen LogP contribution in [0.15, 0.2) is 48.5 Å². The summed E-state index contributed by atoms with van der Waals surface area (Å²) in [4.78, 5) is 22.7. The van der Waals surface area contributed by atoms with E-state index >= 15 is 0 Å². The van der Waals surface area contributed by atoms with Crippen LogP contribution in [0.3, 0.4) is 0 Å². The van der Waals surface area contributed by atoms with Crippen molar-refractivity contribution < 1.29 is 19.1 Å². The highest BCUT2D eigenvalue weighted by Crippen LogP contribution is 2.27. The third kappa shape index (κ3) is 3.85. The second-order valence-electron chi connectivity index (χ2n) is 4.69. The first-order chi connectivity index (χ1) is 10.6. The van der Waals surface area contributed by atoms with Gasteiger partial charge in [0.05, 0.1) is 13.2 Å². The van der Waals surface area contributed by atoms with Gasteiger partial charge >= 0.3 is 6.09 Å². The molecule has 2 rings (SSSR count). The second-order valence-corrected chi connectivity index (χ2v) is 4.69. The molecular formula is C17H17NO4. The van der Waals surface area contributed by atoms with Gasteiger partial charge in [-0.3, -0.25) is 4.79 Å². The lowest BCUT2D eigenvalue weighted by molar-refractivity contribution is 0.112. The summed E-state index contributed by atoms with van der Waals surface area (Å²) < 4.78 is 10.4. The molecule has 22 heavy (non-hydrogen) atoms. The maximum absolute atomic E-state index is 12.0. The molecule has 114 valence electrons. The third-order valence-corrected chi connectivity index (χ3v) is 3.16. The fourth-order valence-electron chi connectivity index (χ4n) is 1.97. The molecule has 0 aliphatic heterocycles. The number of nitrogens with one attached hydrogen (secondary N) is 1. The Bertz CT molecular complexity index is 655. The van der Waals surface area contributed by atoms with Crippen molar-refractivity contribution in [2.75, 3.05) is 7.11 Å². The number of carbonyl (C=O) groups is 2. The lowest BCUT2D eigenvalue weighted by atomic mass is 10.1. The van der Waals surface area contributed by atoms with E-state index in [0.29, 0.717) is 17.6 Å². The van der Waals surface area contributed by atoms with Crippen LogP contribution >= 0.6 is 0 Å². The van der Waals surface area contributed by atoms with E-state index in [1.54, 1.807) is 6.07 Å². The van der Waals surface area contributed by atoms with Gasteiger partial charge in [-0.2, -0.15) is 0 Å². The molecule has 0 saturated carbocycles. The van der Waals surface area contributed by atoms with Crippen LogP contribution in [0.4, 0.5) is 4.79 Å². The van der Waals surface area contributed by atoms with Crippen LogP contribution in [-0.4, -0.2) is 19.5 Å². The first-order valence-electron chi connectivity index (χ1n) is 6.80. The first kappa shape index (κ1) is 15.6. The highest BCUT2D eigenvalue weighted by molar-refractivity contribution is 5.77. The zero-order valence-corrected chi connectivity index (χ0v) is 12.4. The molecule has 2 aromatic rings. The van der Waals surface area contributed by atoms with E-state index in [-0.39, 0.29) is 11.8 Å². The highest BCUT2D eigenvalue weighted by atomic mass is 16.6. The van der Waals surface area contributed by atoms with E-state index < -0.39 is 6.09 Å². The van der Waals surface area contributed by atoms with Crippen molar-refractivity contribution in [3.05, 3.63) is 59.7 Å². The lowest BCUT2D eigenvalue weighted by Gasteiger charge is -2.15. The fourth-order valence-corrected chi connectivity index (χ4v) is 1.97. The van der Waals surface area contributed by atoms with Crippen molar-refractivity contribution in [3.8, 4) is 11.5 Å². The van der Waals surface area contributed by atoms with Crippen molar-refractivity contribution in [1.82, 2.24) is 5.32 Å². The van der Waals surface area contributed by atoms with Crippen LogP contribution in [0.2, 0.25) is 0 Å². The summed E-state index contributed by atoms with van der Waals surface area (Å²) in [5.74, 6) is 0.581. The van der Waals surface area contributed by atoms with Crippen molar-refractivity contribution in [3.63, 3.8) is 0 Å². The molecule has 0 aliphatic rings. The zero-order valence-electron chi connectivity index (χ0n) is 12.4. The molecule has 0 heterocycles. The Morgan fingerprint density at radius 3 is 2.50 bits per heavy atom. The normalized spacial score (nSPS) is 11.4. The Labute approximate surface area is 128 Å². The molecular weight excluding hydrogens is 282 g/mol. The number of hydrogen-bond donors (Lipinski definition) is 1. The van der Waals surface area contributed by atoms with Gasteiger partial charge in [-0.05, 0) is 30.7 Å². The summed E-state index contributed by atoms with van der Waals surface area (Å²) in [6.07, 6.45) is 0.109. The molecule has 1 N–H and O–H groups in total. The summed E-state index contributed by atoms with van der Waals surface area (Å²) in [7, 11) is 1.45. The molecule has 1 atom stereocenters. The van der Waals surface area contributed by atoms with Gasteiger partial charge < -0.3 is 14.8 Å². The Morgan fingerprint density at radius 1 is 1.14 bits per heavy atom. The molecule has 1 unspecified atom stereocenters. The minimum absolute atomic E-state index is 0.186. The van der Waals surface area contributed by atoms with E-state index in [0.717, 1.165) is 5.56 Å². The van der Waals surface area contributed by atoms with Gasteiger partial charge in [-0.1, -0.05) is 30.3 Å². The quantitative estimate of drug-likeness (QED) is 0.860. The largest absolute Gasteiger partial charge is 0.493 e. The van der Waals surface area contributed by atoms with Gasteiger partial charge in [0.25, 0.3) is 0 Å². The Kier molecular flexibility index (Phi) is 5.14. The van der Waals surface area contributed by atoms with Crippen LogP contribution in [-0.2, 0) is 0 Å². The monoisotopic (exact) mass is 299 g/mol. The van der Waals surface area contributed by atoms with E-state index in [4.69, 9.17) is 9.47 Å². The van der Waals surface area contributed by atoms with Crippen molar-refractivity contribution in [1.29, 1.82) is 0 Å². The Hall–Kier alpha value is -2.82. The number of benzene rings is 2. The highest BCUT2D eigenvalue weighted by Gasteiger charge is 2.14. The number of methoxy groups -OCH3 is 1. The van der Waals surface area contributed by atoms with Gasteiger partial charge in [0.2, 0.25) is 0 Å². The molecule has 2 aromatic carbocycles. The van der Waals surface area contributed by atoms with Crippen LogP contribution in [0.25, 0.3) is 0 Å². The molecule has 0 aromatic heterocycles. The molecule has 0 fully saturated rings. The number of amides is 1. The van der Waals surface area contributed by atoms with Crippen LogP contribution < -0.4 is 14.8 Å². The average Bonchev–Trinajstić information content (AvgIpc) is 2.55. The van der Waals surface area contributed by atoms with E-state index in [9.17, 15) is 9.59 Å².